The van der Waals surface area contributed by atoms with Gasteiger partial charge < -0.3 is 4.74 Å². The summed E-state index contributed by atoms with van der Waals surface area (Å²) in [6, 6.07) is 11.8. The lowest BCUT2D eigenvalue weighted by atomic mass is 10.1. The molecule has 0 aliphatic rings. The lowest BCUT2D eigenvalue weighted by Crippen LogP contribution is -1.95. The molecule has 2 aromatic carbocycles. The molecule has 106 valence electrons. The summed E-state index contributed by atoms with van der Waals surface area (Å²) in [7, 11) is 1.61. The molecule has 0 amide bonds. The van der Waals surface area contributed by atoms with Crippen molar-refractivity contribution in [2.24, 2.45) is 0 Å². The highest BCUT2D eigenvalue weighted by Crippen LogP contribution is 2.43. The topological polar surface area (TPSA) is 35.0 Å². The zero-order valence-corrected chi connectivity index (χ0v) is 14.8. The van der Waals surface area contributed by atoms with Crippen LogP contribution >= 0.6 is 43.5 Å². The molecule has 0 saturated carbocycles. The van der Waals surface area contributed by atoms with Crippen molar-refractivity contribution < 1.29 is 4.74 Å². The van der Waals surface area contributed by atoms with Crippen LogP contribution in [-0.4, -0.2) is 17.3 Å². The maximum Gasteiger partial charge on any atom is 0.160 e. The first-order valence-corrected chi connectivity index (χ1v) is 8.03. The Morgan fingerprint density at radius 1 is 1.10 bits per heavy atom. The predicted molar refractivity (Wildman–Crippen MR) is 91.9 cm³/mol. The Bertz CT molecular complexity index is 825. The maximum absolute atomic E-state index is 6.23. The summed E-state index contributed by atoms with van der Waals surface area (Å²) < 4.78 is 6.96. The van der Waals surface area contributed by atoms with Crippen molar-refractivity contribution in [2.75, 3.05) is 7.11 Å². The smallest absolute Gasteiger partial charge is 0.160 e. The fraction of sp³-hybridized carbons (Fsp3) is 0.0667. The summed E-state index contributed by atoms with van der Waals surface area (Å²) >= 11 is 13.3. The number of hydrogen-bond acceptors (Lipinski definition) is 3. The third kappa shape index (κ3) is 2.54. The van der Waals surface area contributed by atoms with Crippen molar-refractivity contribution in [3.05, 3.63) is 50.5 Å². The minimum atomic E-state index is 0.336. The number of methoxy groups -OCH3 is 1. The average molecular weight is 429 g/mol. The number of benzene rings is 2. The van der Waals surface area contributed by atoms with Crippen molar-refractivity contribution in [2.45, 2.75) is 0 Å². The first-order valence-electron chi connectivity index (χ1n) is 6.06. The Balaban J connectivity index is 2.42. The van der Waals surface area contributed by atoms with E-state index in [4.69, 9.17) is 16.3 Å². The van der Waals surface area contributed by atoms with Gasteiger partial charge >= 0.3 is 0 Å². The van der Waals surface area contributed by atoms with E-state index in [0.29, 0.717) is 10.9 Å². The molecule has 0 saturated heterocycles. The highest BCUT2D eigenvalue weighted by Gasteiger charge is 2.18. The molecule has 0 atom stereocenters. The molecule has 0 unspecified atom stereocenters. The first-order chi connectivity index (χ1) is 10.1. The summed E-state index contributed by atoms with van der Waals surface area (Å²) in [5.41, 5.74) is 1.76. The minimum Gasteiger partial charge on any atom is -0.494 e. The van der Waals surface area contributed by atoms with Crippen molar-refractivity contribution in [3.8, 4) is 17.0 Å². The number of rotatable bonds is 2. The molecule has 0 bridgehead atoms. The van der Waals surface area contributed by atoms with Crippen LogP contribution in [0, 0.1) is 0 Å². The number of halogens is 3. The fourth-order valence-electron chi connectivity index (χ4n) is 2.18. The van der Waals surface area contributed by atoms with Crippen LogP contribution in [0.15, 0.2) is 45.3 Å². The molecule has 0 spiro atoms. The quantitative estimate of drug-likeness (QED) is 0.542. The van der Waals surface area contributed by atoms with Crippen LogP contribution in [0.1, 0.15) is 0 Å². The molecule has 3 rings (SSSR count). The summed E-state index contributed by atoms with van der Waals surface area (Å²) in [5, 5.41) is 10.3. The second kappa shape index (κ2) is 5.91. The number of hydrogen-bond donors (Lipinski definition) is 0. The van der Waals surface area contributed by atoms with Gasteiger partial charge in [0.05, 0.1) is 16.1 Å². The van der Waals surface area contributed by atoms with Crippen LogP contribution < -0.4 is 4.74 Å². The largest absolute Gasteiger partial charge is 0.494 e. The Hall–Kier alpha value is -1.17. The van der Waals surface area contributed by atoms with Gasteiger partial charge in [-0.2, -0.15) is 0 Å². The molecule has 0 fully saturated rings. The van der Waals surface area contributed by atoms with E-state index in [1.165, 1.54) is 0 Å². The molecule has 0 aliphatic heterocycles. The van der Waals surface area contributed by atoms with Gasteiger partial charge in [0.2, 0.25) is 0 Å². The molecule has 0 radical (unpaired) electrons. The zero-order valence-electron chi connectivity index (χ0n) is 10.9. The Kier molecular flexibility index (Phi) is 4.15. The lowest BCUT2D eigenvalue weighted by Gasteiger charge is -2.12. The summed E-state index contributed by atoms with van der Waals surface area (Å²) in [5.74, 6) is 0.677. The Morgan fingerprint density at radius 3 is 2.48 bits per heavy atom. The molecule has 1 heterocycles. The van der Waals surface area contributed by atoms with Crippen LogP contribution in [0.3, 0.4) is 0 Å². The second-order valence-electron chi connectivity index (χ2n) is 4.33. The van der Waals surface area contributed by atoms with Crippen LogP contribution in [0.25, 0.3) is 22.0 Å². The third-order valence-electron chi connectivity index (χ3n) is 3.13. The van der Waals surface area contributed by atoms with E-state index in [0.717, 1.165) is 31.0 Å². The molecule has 21 heavy (non-hydrogen) atoms. The van der Waals surface area contributed by atoms with Crippen molar-refractivity contribution in [1.82, 2.24) is 10.2 Å². The minimum absolute atomic E-state index is 0.336. The van der Waals surface area contributed by atoms with Crippen LogP contribution in [-0.2, 0) is 0 Å². The number of aromatic nitrogens is 2. The molecule has 0 N–H and O–H groups in total. The fourth-order valence-corrected chi connectivity index (χ4v) is 4.16. The molecular formula is C15H9Br2ClN2O. The van der Waals surface area contributed by atoms with E-state index < -0.39 is 0 Å². The van der Waals surface area contributed by atoms with Gasteiger partial charge in [-0.15, -0.1) is 10.2 Å². The van der Waals surface area contributed by atoms with Crippen molar-refractivity contribution >= 4 is 54.2 Å². The van der Waals surface area contributed by atoms with E-state index in [2.05, 4.69) is 42.1 Å². The first kappa shape index (κ1) is 14.8. The van der Waals surface area contributed by atoms with E-state index in [1.807, 2.05) is 36.4 Å². The summed E-state index contributed by atoms with van der Waals surface area (Å²) in [6.07, 6.45) is 0. The molecule has 3 aromatic rings. The van der Waals surface area contributed by atoms with Gasteiger partial charge in [0.15, 0.2) is 5.15 Å². The Labute approximate surface area is 143 Å². The van der Waals surface area contributed by atoms with E-state index in [1.54, 1.807) is 7.11 Å². The van der Waals surface area contributed by atoms with Gasteiger partial charge in [0.1, 0.15) is 11.4 Å². The highest BCUT2D eigenvalue weighted by molar-refractivity contribution is 9.11. The highest BCUT2D eigenvalue weighted by atomic mass is 79.9. The van der Waals surface area contributed by atoms with Gasteiger partial charge in [0, 0.05) is 16.3 Å². The van der Waals surface area contributed by atoms with E-state index >= 15 is 0 Å². The lowest BCUT2D eigenvalue weighted by molar-refractivity contribution is 0.410. The Morgan fingerprint density at radius 2 is 1.81 bits per heavy atom. The number of ether oxygens (including phenoxy) is 1. The summed E-state index contributed by atoms with van der Waals surface area (Å²) in [6.45, 7) is 0. The van der Waals surface area contributed by atoms with Gasteiger partial charge in [-0.25, -0.2) is 0 Å². The normalized spacial score (nSPS) is 10.9. The molecule has 1 aromatic heterocycles. The summed E-state index contributed by atoms with van der Waals surface area (Å²) in [4.78, 5) is 0. The standard InChI is InChI=1S/C15H9Br2ClN2O/c1-21-14-10(16)7-9-11(12(14)17)15(18)20-19-13(9)8-5-3-2-4-6-8/h2-7H,1H3. The number of fused-ring (bicyclic) bond motifs is 1. The molecular weight excluding hydrogens is 419 g/mol. The van der Waals surface area contributed by atoms with Crippen molar-refractivity contribution in [3.63, 3.8) is 0 Å². The average Bonchev–Trinajstić information content (AvgIpc) is 2.48. The van der Waals surface area contributed by atoms with Crippen LogP contribution in [0.4, 0.5) is 0 Å². The third-order valence-corrected chi connectivity index (χ3v) is 4.74. The van der Waals surface area contributed by atoms with E-state index in [9.17, 15) is 0 Å². The van der Waals surface area contributed by atoms with Crippen LogP contribution in [0.2, 0.25) is 5.15 Å². The van der Waals surface area contributed by atoms with Gasteiger partial charge in [0.25, 0.3) is 0 Å². The van der Waals surface area contributed by atoms with Gasteiger partial charge in [-0.3, -0.25) is 0 Å². The van der Waals surface area contributed by atoms with Gasteiger partial charge in [-0.05, 0) is 37.9 Å². The zero-order chi connectivity index (χ0) is 15.0. The predicted octanol–water partition coefficient (Wildman–Crippen LogP) is 5.48. The second-order valence-corrected chi connectivity index (χ2v) is 6.34. The molecule has 3 nitrogen and oxygen atoms in total. The van der Waals surface area contributed by atoms with Gasteiger partial charge in [-0.1, -0.05) is 41.9 Å². The molecule has 0 aliphatic carbocycles. The SMILES string of the molecule is COc1c(Br)cc2c(-c3ccccc3)nnc(Cl)c2c1Br. The maximum atomic E-state index is 6.23. The molecule has 6 heteroatoms. The van der Waals surface area contributed by atoms with Crippen molar-refractivity contribution in [1.29, 1.82) is 0 Å². The monoisotopic (exact) mass is 426 g/mol. The van der Waals surface area contributed by atoms with E-state index in [-0.39, 0.29) is 0 Å². The van der Waals surface area contributed by atoms with Crippen LogP contribution in [0.5, 0.6) is 5.75 Å². The number of nitrogens with zero attached hydrogens (tertiary/aromatic N) is 2.